The van der Waals surface area contributed by atoms with E-state index in [1.165, 1.54) is 17.0 Å². The molecule has 0 aromatic heterocycles. The van der Waals surface area contributed by atoms with E-state index in [1.54, 1.807) is 12.1 Å². The monoisotopic (exact) mass is 553 g/mol. The zero-order valence-corrected chi connectivity index (χ0v) is 22.1. The standard InChI is InChI=1S/C31H27N3O7/c35-27(41-34-29(37)23-12-5-6-13-24(23)30(34)38)15-16-32-28(36)26-14-7-17-33(26)31(39)40-18-25-21-10-3-1-8-19(21)20-9-2-4-11-22(20)25/h1-6,8-13,25-26H,7,14-18H2,(H,32,36). The summed E-state index contributed by atoms with van der Waals surface area (Å²) in [6, 6.07) is 21.6. The molecule has 2 heterocycles. The van der Waals surface area contributed by atoms with Crippen molar-refractivity contribution in [2.24, 2.45) is 0 Å². The Bertz CT molecular complexity index is 1490. The zero-order valence-electron chi connectivity index (χ0n) is 22.1. The number of imide groups is 1. The lowest BCUT2D eigenvalue weighted by molar-refractivity contribution is -0.168. The van der Waals surface area contributed by atoms with Crippen LogP contribution in [0.2, 0.25) is 0 Å². The Labute approximate surface area is 235 Å². The van der Waals surface area contributed by atoms with Gasteiger partial charge >= 0.3 is 12.1 Å². The van der Waals surface area contributed by atoms with Crippen molar-refractivity contribution in [3.05, 3.63) is 95.1 Å². The Hall–Kier alpha value is -4.99. The average molecular weight is 554 g/mol. The van der Waals surface area contributed by atoms with Gasteiger partial charge in [-0.15, -0.1) is 0 Å². The van der Waals surface area contributed by atoms with Crippen molar-refractivity contribution in [1.29, 1.82) is 0 Å². The largest absolute Gasteiger partial charge is 0.448 e. The van der Waals surface area contributed by atoms with Gasteiger partial charge in [-0.2, -0.15) is 0 Å². The second kappa shape index (κ2) is 10.9. The fourth-order valence-electron chi connectivity index (χ4n) is 5.74. The van der Waals surface area contributed by atoms with Gasteiger partial charge in [-0.05, 0) is 47.2 Å². The summed E-state index contributed by atoms with van der Waals surface area (Å²) >= 11 is 0. The van der Waals surface area contributed by atoms with E-state index in [4.69, 9.17) is 9.57 Å². The van der Waals surface area contributed by atoms with Crippen molar-refractivity contribution in [2.75, 3.05) is 19.7 Å². The van der Waals surface area contributed by atoms with Gasteiger partial charge in [-0.1, -0.05) is 65.7 Å². The van der Waals surface area contributed by atoms with Gasteiger partial charge in [0.2, 0.25) is 5.91 Å². The predicted octanol–water partition coefficient (Wildman–Crippen LogP) is 3.66. The van der Waals surface area contributed by atoms with Crippen LogP contribution in [-0.2, 0) is 19.2 Å². The highest BCUT2D eigenvalue weighted by Crippen LogP contribution is 2.44. The van der Waals surface area contributed by atoms with Crippen LogP contribution in [-0.4, -0.2) is 65.5 Å². The number of fused-ring (bicyclic) bond motifs is 4. The maximum atomic E-state index is 13.1. The predicted molar refractivity (Wildman–Crippen MR) is 145 cm³/mol. The molecule has 3 aromatic rings. The molecule has 0 bridgehead atoms. The lowest BCUT2D eigenvalue weighted by atomic mass is 9.98. The molecule has 1 atom stereocenters. The number of hydrogen-bond donors (Lipinski definition) is 1. The number of ether oxygens (including phenoxy) is 1. The molecule has 1 fully saturated rings. The molecular weight excluding hydrogens is 526 g/mol. The molecule has 4 amide bonds. The van der Waals surface area contributed by atoms with Gasteiger partial charge in [0.15, 0.2) is 0 Å². The first-order valence-electron chi connectivity index (χ1n) is 13.5. The van der Waals surface area contributed by atoms with E-state index in [2.05, 4.69) is 17.4 Å². The van der Waals surface area contributed by atoms with Gasteiger partial charge in [0, 0.05) is 19.0 Å². The molecule has 208 valence electrons. The van der Waals surface area contributed by atoms with Gasteiger partial charge < -0.3 is 14.9 Å². The Morgan fingerprint density at radius 3 is 1.98 bits per heavy atom. The lowest BCUT2D eigenvalue weighted by Gasteiger charge is -2.24. The second-order valence-corrected chi connectivity index (χ2v) is 10.1. The minimum Gasteiger partial charge on any atom is -0.448 e. The molecule has 1 saturated heterocycles. The van der Waals surface area contributed by atoms with E-state index in [9.17, 15) is 24.0 Å². The summed E-state index contributed by atoms with van der Waals surface area (Å²) in [4.78, 5) is 69.4. The Morgan fingerprint density at radius 1 is 0.805 bits per heavy atom. The van der Waals surface area contributed by atoms with Crippen LogP contribution in [0.1, 0.15) is 57.0 Å². The summed E-state index contributed by atoms with van der Waals surface area (Å²) in [5.41, 5.74) is 4.78. The maximum absolute atomic E-state index is 13.1. The van der Waals surface area contributed by atoms with Crippen LogP contribution < -0.4 is 5.32 Å². The van der Waals surface area contributed by atoms with Crippen LogP contribution in [0.15, 0.2) is 72.8 Å². The number of hydrogen-bond acceptors (Lipinski definition) is 7. The van der Waals surface area contributed by atoms with Crippen LogP contribution in [0.4, 0.5) is 4.79 Å². The van der Waals surface area contributed by atoms with Crippen molar-refractivity contribution >= 4 is 29.8 Å². The first kappa shape index (κ1) is 26.2. The molecule has 1 unspecified atom stereocenters. The molecule has 41 heavy (non-hydrogen) atoms. The van der Waals surface area contributed by atoms with E-state index in [1.807, 2.05) is 36.4 Å². The van der Waals surface area contributed by atoms with Gasteiger partial charge in [-0.25, -0.2) is 9.59 Å². The highest BCUT2D eigenvalue weighted by molar-refractivity contribution is 6.20. The molecule has 10 heteroatoms. The first-order valence-corrected chi connectivity index (χ1v) is 13.5. The normalized spacial score (nSPS) is 17.2. The van der Waals surface area contributed by atoms with Gasteiger partial charge in [0.25, 0.3) is 11.8 Å². The molecule has 0 saturated carbocycles. The lowest BCUT2D eigenvalue weighted by Crippen LogP contribution is -2.46. The maximum Gasteiger partial charge on any atom is 0.410 e. The van der Waals surface area contributed by atoms with Crippen molar-refractivity contribution in [1.82, 2.24) is 15.3 Å². The number of carbonyl (C=O) groups excluding carboxylic acids is 5. The highest BCUT2D eigenvalue weighted by Gasteiger charge is 2.39. The Morgan fingerprint density at radius 2 is 1.37 bits per heavy atom. The molecule has 3 aromatic carbocycles. The Balaban J connectivity index is 1.00. The van der Waals surface area contributed by atoms with Gasteiger partial charge in [0.1, 0.15) is 12.6 Å². The highest BCUT2D eigenvalue weighted by atomic mass is 16.7. The fraction of sp³-hybridized carbons (Fsp3) is 0.258. The number of benzene rings is 3. The topological polar surface area (TPSA) is 122 Å². The molecule has 1 aliphatic carbocycles. The molecule has 0 radical (unpaired) electrons. The number of amides is 4. The first-order chi connectivity index (χ1) is 19.9. The van der Waals surface area contributed by atoms with E-state index >= 15 is 0 Å². The summed E-state index contributed by atoms with van der Waals surface area (Å²) in [5, 5.41) is 3.09. The second-order valence-electron chi connectivity index (χ2n) is 10.1. The van der Waals surface area contributed by atoms with E-state index in [0.717, 1.165) is 22.3 Å². The minimum absolute atomic E-state index is 0.0874. The Kier molecular flexibility index (Phi) is 6.96. The summed E-state index contributed by atoms with van der Waals surface area (Å²) in [7, 11) is 0. The fourth-order valence-corrected chi connectivity index (χ4v) is 5.74. The van der Waals surface area contributed by atoms with Crippen molar-refractivity contribution in [3.8, 4) is 11.1 Å². The van der Waals surface area contributed by atoms with Gasteiger partial charge in [0.05, 0.1) is 17.5 Å². The van der Waals surface area contributed by atoms with E-state index in [-0.39, 0.29) is 36.6 Å². The van der Waals surface area contributed by atoms with Gasteiger partial charge in [-0.3, -0.25) is 19.3 Å². The number of rotatable bonds is 7. The van der Waals surface area contributed by atoms with Crippen molar-refractivity contribution in [2.45, 2.75) is 31.2 Å². The third kappa shape index (κ3) is 4.82. The molecule has 0 spiro atoms. The molecule has 1 N–H and O–H groups in total. The number of carbonyl (C=O) groups is 5. The number of nitrogens with one attached hydrogen (secondary N) is 1. The average Bonchev–Trinajstić information content (AvgIpc) is 3.67. The minimum atomic E-state index is -0.848. The summed E-state index contributed by atoms with van der Waals surface area (Å²) in [5.74, 6) is -2.78. The summed E-state index contributed by atoms with van der Waals surface area (Å²) in [6.07, 6.45) is 0.283. The van der Waals surface area contributed by atoms with E-state index < -0.39 is 35.8 Å². The summed E-state index contributed by atoms with van der Waals surface area (Å²) < 4.78 is 5.73. The number of nitrogens with zero attached hydrogens (tertiary/aromatic N) is 2. The van der Waals surface area contributed by atoms with Crippen LogP contribution in [0.3, 0.4) is 0 Å². The summed E-state index contributed by atoms with van der Waals surface area (Å²) in [6.45, 7) is 0.452. The molecule has 3 aliphatic rings. The third-order valence-corrected chi connectivity index (χ3v) is 7.70. The van der Waals surface area contributed by atoms with Crippen LogP contribution in [0.5, 0.6) is 0 Å². The number of likely N-dealkylation sites (tertiary alicyclic amines) is 1. The van der Waals surface area contributed by atoms with Crippen molar-refractivity contribution < 1.29 is 33.5 Å². The quantitative estimate of drug-likeness (QED) is 0.443. The smallest absolute Gasteiger partial charge is 0.410 e. The third-order valence-electron chi connectivity index (χ3n) is 7.70. The molecule has 6 rings (SSSR count). The molecule has 10 nitrogen and oxygen atoms in total. The van der Waals surface area contributed by atoms with E-state index in [0.29, 0.717) is 24.4 Å². The molecular formula is C31H27N3O7. The molecule has 2 aliphatic heterocycles. The van der Waals surface area contributed by atoms with Crippen LogP contribution in [0, 0.1) is 0 Å². The zero-order chi connectivity index (χ0) is 28.5. The van der Waals surface area contributed by atoms with Crippen LogP contribution >= 0.6 is 0 Å². The SMILES string of the molecule is O=C(CCNC(=O)C1CCCN1C(=O)OCC1c2ccccc2-c2ccccc21)ON1C(=O)c2ccccc2C1=O. The van der Waals surface area contributed by atoms with Crippen LogP contribution in [0.25, 0.3) is 11.1 Å². The number of hydroxylamine groups is 2. The van der Waals surface area contributed by atoms with Crippen molar-refractivity contribution in [3.63, 3.8) is 0 Å².